The van der Waals surface area contributed by atoms with Gasteiger partial charge in [0.2, 0.25) is 5.95 Å². The van der Waals surface area contributed by atoms with Crippen LogP contribution in [0.25, 0.3) is 0 Å². The molecular formula is C12H11FN2O5. The summed E-state index contributed by atoms with van der Waals surface area (Å²) in [6, 6.07) is 1.25. The van der Waals surface area contributed by atoms with Gasteiger partial charge in [-0.2, -0.15) is 4.39 Å². The van der Waals surface area contributed by atoms with Crippen molar-refractivity contribution in [2.75, 3.05) is 6.54 Å². The average molecular weight is 282 g/mol. The van der Waals surface area contributed by atoms with Gasteiger partial charge < -0.3 is 15.1 Å². The van der Waals surface area contributed by atoms with Crippen molar-refractivity contribution in [3.8, 4) is 0 Å². The van der Waals surface area contributed by atoms with E-state index in [1.54, 1.807) is 0 Å². The number of hydrogen-bond acceptors (Lipinski definition) is 4. The highest BCUT2D eigenvalue weighted by molar-refractivity contribution is 5.97. The number of carboxylic acids is 2. The first-order valence-corrected chi connectivity index (χ1v) is 5.79. The van der Waals surface area contributed by atoms with E-state index in [2.05, 4.69) is 4.98 Å². The SMILES string of the molecule is O=C(O)C1CC(C(=O)O)N(C(=O)c2cccnc2F)C1. The van der Waals surface area contributed by atoms with Crippen LogP contribution >= 0.6 is 0 Å². The molecule has 20 heavy (non-hydrogen) atoms. The molecule has 1 aromatic heterocycles. The van der Waals surface area contributed by atoms with Gasteiger partial charge in [0.15, 0.2) is 0 Å². The molecule has 1 saturated heterocycles. The third-order valence-electron chi connectivity index (χ3n) is 3.19. The van der Waals surface area contributed by atoms with Gasteiger partial charge in [-0.15, -0.1) is 0 Å². The summed E-state index contributed by atoms with van der Waals surface area (Å²) >= 11 is 0. The molecule has 2 rings (SSSR count). The van der Waals surface area contributed by atoms with Gasteiger partial charge in [0.1, 0.15) is 6.04 Å². The summed E-state index contributed by atoms with van der Waals surface area (Å²) in [6.45, 7) is -0.264. The van der Waals surface area contributed by atoms with E-state index in [0.29, 0.717) is 0 Å². The van der Waals surface area contributed by atoms with Crippen LogP contribution in [0.5, 0.6) is 0 Å². The highest BCUT2D eigenvalue weighted by atomic mass is 19.1. The molecule has 2 unspecified atom stereocenters. The van der Waals surface area contributed by atoms with Gasteiger partial charge >= 0.3 is 11.9 Å². The molecule has 1 aliphatic rings. The van der Waals surface area contributed by atoms with Crippen molar-refractivity contribution in [1.82, 2.24) is 9.88 Å². The summed E-state index contributed by atoms with van der Waals surface area (Å²) in [6.07, 6.45) is 0.961. The van der Waals surface area contributed by atoms with Crippen molar-refractivity contribution in [1.29, 1.82) is 0 Å². The van der Waals surface area contributed by atoms with E-state index >= 15 is 0 Å². The van der Waals surface area contributed by atoms with Crippen molar-refractivity contribution in [2.24, 2.45) is 5.92 Å². The van der Waals surface area contributed by atoms with Gasteiger partial charge in [-0.3, -0.25) is 9.59 Å². The Kier molecular flexibility index (Phi) is 3.64. The zero-order chi connectivity index (χ0) is 14.9. The van der Waals surface area contributed by atoms with E-state index in [-0.39, 0.29) is 18.5 Å². The zero-order valence-electron chi connectivity index (χ0n) is 10.2. The summed E-state index contributed by atoms with van der Waals surface area (Å²) in [5.41, 5.74) is -0.371. The van der Waals surface area contributed by atoms with Crippen molar-refractivity contribution >= 4 is 17.8 Å². The fraction of sp³-hybridized carbons (Fsp3) is 0.333. The maximum absolute atomic E-state index is 13.5. The molecule has 0 radical (unpaired) electrons. The minimum atomic E-state index is -1.31. The van der Waals surface area contributed by atoms with Crippen LogP contribution in [-0.4, -0.2) is 50.5 Å². The molecule has 0 spiro atoms. The third-order valence-corrected chi connectivity index (χ3v) is 3.19. The number of aromatic nitrogens is 1. The van der Waals surface area contributed by atoms with E-state index < -0.39 is 35.8 Å². The molecule has 1 aliphatic heterocycles. The number of amides is 1. The Morgan fingerprint density at radius 1 is 1.30 bits per heavy atom. The van der Waals surface area contributed by atoms with E-state index in [0.717, 1.165) is 11.1 Å². The molecule has 8 heteroatoms. The molecule has 1 fully saturated rings. The Morgan fingerprint density at radius 3 is 2.55 bits per heavy atom. The van der Waals surface area contributed by atoms with Crippen LogP contribution in [0.4, 0.5) is 4.39 Å². The number of aliphatic carboxylic acids is 2. The second-order valence-corrected chi connectivity index (χ2v) is 4.42. The molecule has 0 aliphatic carbocycles. The first kappa shape index (κ1) is 13.9. The van der Waals surface area contributed by atoms with Gasteiger partial charge in [0.05, 0.1) is 11.5 Å². The summed E-state index contributed by atoms with van der Waals surface area (Å²) in [4.78, 5) is 38.3. The minimum absolute atomic E-state index is 0.196. The lowest BCUT2D eigenvalue weighted by molar-refractivity contribution is -0.141. The van der Waals surface area contributed by atoms with Crippen LogP contribution in [0.2, 0.25) is 0 Å². The van der Waals surface area contributed by atoms with Crippen LogP contribution in [0, 0.1) is 11.9 Å². The Balaban J connectivity index is 2.30. The quantitative estimate of drug-likeness (QED) is 0.768. The normalized spacial score (nSPS) is 21.8. The smallest absolute Gasteiger partial charge is 0.326 e. The maximum atomic E-state index is 13.5. The molecule has 106 valence electrons. The van der Waals surface area contributed by atoms with Crippen LogP contribution in [0.15, 0.2) is 18.3 Å². The lowest BCUT2D eigenvalue weighted by atomic mass is 10.1. The van der Waals surface area contributed by atoms with Gasteiger partial charge in [0.25, 0.3) is 5.91 Å². The molecule has 1 aromatic rings. The largest absolute Gasteiger partial charge is 0.481 e. The number of pyridine rings is 1. The maximum Gasteiger partial charge on any atom is 0.326 e. The number of carbonyl (C=O) groups is 3. The highest BCUT2D eigenvalue weighted by Crippen LogP contribution is 2.26. The monoisotopic (exact) mass is 282 g/mol. The predicted molar refractivity (Wildman–Crippen MR) is 62.4 cm³/mol. The number of rotatable bonds is 3. The average Bonchev–Trinajstić information content (AvgIpc) is 2.84. The molecule has 0 bridgehead atoms. The van der Waals surface area contributed by atoms with Gasteiger partial charge in [-0.25, -0.2) is 9.78 Å². The van der Waals surface area contributed by atoms with Crippen molar-refractivity contribution in [3.63, 3.8) is 0 Å². The number of likely N-dealkylation sites (tertiary alicyclic amines) is 1. The zero-order valence-corrected chi connectivity index (χ0v) is 10.2. The molecule has 2 heterocycles. The molecule has 2 N–H and O–H groups in total. The van der Waals surface area contributed by atoms with Crippen molar-refractivity contribution in [2.45, 2.75) is 12.5 Å². The number of carboxylic acid groups (broad SMARTS) is 2. The van der Waals surface area contributed by atoms with Crippen LogP contribution < -0.4 is 0 Å². The fourth-order valence-electron chi connectivity index (χ4n) is 2.17. The fourth-order valence-corrected chi connectivity index (χ4v) is 2.17. The molecule has 7 nitrogen and oxygen atoms in total. The van der Waals surface area contributed by atoms with E-state index in [9.17, 15) is 18.8 Å². The van der Waals surface area contributed by atoms with Crippen LogP contribution in [-0.2, 0) is 9.59 Å². The Morgan fingerprint density at radius 2 is 2.00 bits per heavy atom. The number of hydrogen-bond donors (Lipinski definition) is 2. The van der Waals surface area contributed by atoms with Gasteiger partial charge in [0, 0.05) is 12.7 Å². The highest BCUT2D eigenvalue weighted by Gasteiger charge is 2.43. The van der Waals surface area contributed by atoms with Crippen molar-refractivity contribution < 1.29 is 29.0 Å². The second kappa shape index (κ2) is 5.24. The third kappa shape index (κ3) is 2.44. The molecule has 0 aromatic carbocycles. The first-order chi connectivity index (χ1) is 9.41. The van der Waals surface area contributed by atoms with Gasteiger partial charge in [-0.05, 0) is 18.6 Å². The first-order valence-electron chi connectivity index (χ1n) is 5.79. The molecule has 2 atom stereocenters. The van der Waals surface area contributed by atoms with Crippen molar-refractivity contribution in [3.05, 3.63) is 29.8 Å². The van der Waals surface area contributed by atoms with Crippen LogP contribution in [0.3, 0.4) is 0 Å². The summed E-state index contributed by atoms with van der Waals surface area (Å²) < 4.78 is 13.5. The van der Waals surface area contributed by atoms with E-state index in [1.165, 1.54) is 12.1 Å². The van der Waals surface area contributed by atoms with E-state index in [1.807, 2.05) is 0 Å². The Hall–Kier alpha value is -2.51. The second-order valence-electron chi connectivity index (χ2n) is 4.42. The Bertz CT molecular complexity index is 577. The summed E-state index contributed by atoms with van der Waals surface area (Å²) in [7, 11) is 0. The molecule has 1 amide bonds. The summed E-state index contributed by atoms with van der Waals surface area (Å²) in [5, 5.41) is 18.0. The standard InChI is InChI=1S/C12H11FN2O5/c13-9-7(2-1-3-14-9)10(16)15-5-6(11(17)18)4-8(15)12(19)20/h1-3,6,8H,4-5H2,(H,17,18)(H,19,20). The minimum Gasteiger partial charge on any atom is -0.481 e. The molecular weight excluding hydrogens is 271 g/mol. The lowest BCUT2D eigenvalue weighted by Crippen LogP contribution is -2.41. The van der Waals surface area contributed by atoms with E-state index in [4.69, 9.17) is 10.2 Å². The predicted octanol–water partition coefficient (Wildman–Crippen LogP) is 0.221. The Labute approximate surface area is 112 Å². The lowest BCUT2D eigenvalue weighted by Gasteiger charge is -2.21. The van der Waals surface area contributed by atoms with Gasteiger partial charge in [-0.1, -0.05) is 0 Å². The van der Waals surface area contributed by atoms with Crippen LogP contribution in [0.1, 0.15) is 16.8 Å². The number of carbonyl (C=O) groups excluding carboxylic acids is 1. The number of halogens is 1. The molecule has 0 saturated carbocycles. The summed E-state index contributed by atoms with van der Waals surface area (Å²) in [5.74, 6) is -5.35. The topological polar surface area (TPSA) is 108 Å². The number of nitrogens with zero attached hydrogens (tertiary/aromatic N) is 2.